The quantitative estimate of drug-likeness (QED) is 0.431. The molecule has 9 heavy (non-hydrogen) atoms. The molecule has 0 aromatic carbocycles. The predicted octanol–water partition coefficient (Wildman–Crippen LogP) is 2.82. The number of hydrogen-bond acceptors (Lipinski definition) is 0. The van der Waals surface area contributed by atoms with E-state index in [-0.39, 0.29) is 0 Å². The van der Waals surface area contributed by atoms with Crippen LogP contribution < -0.4 is 0 Å². The summed E-state index contributed by atoms with van der Waals surface area (Å²) in [5.74, 6) is 0. The second kappa shape index (κ2) is 2.02. The van der Waals surface area contributed by atoms with E-state index >= 15 is 0 Å². The van der Waals surface area contributed by atoms with Crippen molar-refractivity contribution in [2.45, 2.75) is 32.1 Å². The van der Waals surface area contributed by atoms with E-state index in [1.54, 1.807) is 11.1 Å². The fourth-order valence-electron chi connectivity index (χ4n) is 1.55. The maximum Gasteiger partial charge on any atom is -0.0102 e. The Morgan fingerprint density at radius 2 is 1.44 bits per heavy atom. The van der Waals surface area contributed by atoms with Crippen LogP contribution in [0, 0.1) is 0 Å². The van der Waals surface area contributed by atoms with Crippen molar-refractivity contribution in [2.75, 3.05) is 0 Å². The summed E-state index contributed by atoms with van der Waals surface area (Å²) in [5, 5.41) is 0. The van der Waals surface area contributed by atoms with Crippen LogP contribution in [-0.4, -0.2) is 0 Å². The van der Waals surface area contributed by atoms with E-state index in [2.05, 4.69) is 12.2 Å². The Bertz CT molecular complexity index is 144. The maximum atomic E-state index is 2.43. The molecule has 0 spiro atoms. The van der Waals surface area contributed by atoms with Gasteiger partial charge in [0.05, 0.1) is 0 Å². The van der Waals surface area contributed by atoms with Gasteiger partial charge in [0.2, 0.25) is 0 Å². The minimum Gasteiger partial charge on any atom is -0.0847 e. The summed E-state index contributed by atoms with van der Waals surface area (Å²) in [7, 11) is 0. The summed E-state index contributed by atoms with van der Waals surface area (Å²) in [6.07, 6.45) is 11.5. The molecule has 0 atom stereocenters. The third kappa shape index (κ3) is 0.937. The van der Waals surface area contributed by atoms with Gasteiger partial charge in [-0.2, -0.15) is 0 Å². The van der Waals surface area contributed by atoms with Crippen molar-refractivity contribution in [2.24, 2.45) is 0 Å². The van der Waals surface area contributed by atoms with Crippen molar-refractivity contribution in [1.82, 2.24) is 0 Å². The second-order valence-corrected chi connectivity index (χ2v) is 3.01. The molecule has 0 radical (unpaired) electrons. The number of hydrogen-bond donors (Lipinski definition) is 0. The Kier molecular flexibility index (Phi) is 1.18. The monoisotopic (exact) mass is 120 g/mol. The van der Waals surface area contributed by atoms with Gasteiger partial charge in [-0.1, -0.05) is 23.3 Å². The first-order valence-electron chi connectivity index (χ1n) is 3.81. The molecule has 0 N–H and O–H groups in total. The molecule has 0 heterocycles. The first kappa shape index (κ1) is 5.28. The molecule has 1 saturated carbocycles. The largest absolute Gasteiger partial charge is 0.0847 e. The topological polar surface area (TPSA) is 0 Å². The molecular weight excluding hydrogens is 108 g/mol. The smallest absolute Gasteiger partial charge is 0.0102 e. The number of rotatable bonds is 0. The fraction of sp³-hybridized carbons (Fsp3) is 0.556. The van der Waals surface area contributed by atoms with E-state index in [9.17, 15) is 0 Å². The Labute approximate surface area is 56.3 Å². The summed E-state index contributed by atoms with van der Waals surface area (Å²) in [6, 6.07) is 0. The van der Waals surface area contributed by atoms with Crippen LogP contribution in [0.2, 0.25) is 0 Å². The Morgan fingerprint density at radius 3 is 2.00 bits per heavy atom. The summed E-state index contributed by atoms with van der Waals surface area (Å²) in [6.45, 7) is 0. The second-order valence-electron chi connectivity index (χ2n) is 3.01. The van der Waals surface area contributed by atoms with Crippen molar-refractivity contribution in [1.29, 1.82) is 0 Å². The summed E-state index contributed by atoms with van der Waals surface area (Å²) in [4.78, 5) is 0. The van der Waals surface area contributed by atoms with Gasteiger partial charge in [-0.15, -0.1) is 0 Å². The normalized spacial score (nSPS) is 24.9. The zero-order chi connectivity index (χ0) is 6.10. The summed E-state index contributed by atoms with van der Waals surface area (Å²) >= 11 is 0. The minimum atomic E-state index is 1.31. The van der Waals surface area contributed by atoms with Gasteiger partial charge in [-0.3, -0.25) is 0 Å². The third-order valence-corrected chi connectivity index (χ3v) is 2.18. The Morgan fingerprint density at radius 1 is 0.889 bits per heavy atom. The molecule has 0 amide bonds. The van der Waals surface area contributed by atoms with Gasteiger partial charge in [-0.05, 0) is 32.1 Å². The van der Waals surface area contributed by atoms with Crippen LogP contribution in [0.15, 0.2) is 23.3 Å². The highest BCUT2D eigenvalue weighted by Gasteiger charge is 2.15. The number of allylic oxidation sites excluding steroid dienone is 4. The maximum absolute atomic E-state index is 2.43. The van der Waals surface area contributed by atoms with E-state index in [0.717, 1.165) is 0 Å². The fourth-order valence-corrected chi connectivity index (χ4v) is 1.55. The van der Waals surface area contributed by atoms with Crippen molar-refractivity contribution in [3.8, 4) is 0 Å². The average Bonchev–Trinajstić information content (AvgIpc) is 1.54. The molecule has 0 aromatic rings. The first-order chi connectivity index (χ1) is 4.45. The van der Waals surface area contributed by atoms with Crippen LogP contribution >= 0.6 is 0 Å². The van der Waals surface area contributed by atoms with Gasteiger partial charge < -0.3 is 0 Å². The molecule has 48 valence electrons. The molecule has 0 aromatic heterocycles. The van der Waals surface area contributed by atoms with Gasteiger partial charge in [-0.25, -0.2) is 0 Å². The average molecular weight is 120 g/mol. The molecule has 0 nitrogen and oxygen atoms in total. The van der Waals surface area contributed by atoms with Gasteiger partial charge in [0.25, 0.3) is 0 Å². The van der Waals surface area contributed by atoms with Crippen LogP contribution in [0.3, 0.4) is 0 Å². The van der Waals surface area contributed by atoms with Crippen molar-refractivity contribution in [3.63, 3.8) is 0 Å². The molecule has 0 unspecified atom stereocenters. The van der Waals surface area contributed by atoms with Crippen molar-refractivity contribution >= 4 is 0 Å². The molecule has 2 bridgehead atoms. The van der Waals surface area contributed by atoms with Crippen molar-refractivity contribution < 1.29 is 0 Å². The van der Waals surface area contributed by atoms with Crippen LogP contribution in [0.1, 0.15) is 32.1 Å². The minimum absolute atomic E-state index is 1.31. The van der Waals surface area contributed by atoms with Gasteiger partial charge in [0.15, 0.2) is 0 Å². The lowest BCUT2D eigenvalue weighted by Gasteiger charge is -2.23. The van der Waals surface area contributed by atoms with E-state index < -0.39 is 0 Å². The van der Waals surface area contributed by atoms with Crippen LogP contribution in [0.25, 0.3) is 0 Å². The first-order valence-corrected chi connectivity index (χ1v) is 3.81. The van der Waals surface area contributed by atoms with Gasteiger partial charge >= 0.3 is 0 Å². The highest BCUT2D eigenvalue weighted by atomic mass is 14.2. The summed E-state index contributed by atoms with van der Waals surface area (Å²) < 4.78 is 0. The molecule has 3 aliphatic carbocycles. The molecule has 3 rings (SSSR count). The molecule has 0 aliphatic heterocycles. The van der Waals surface area contributed by atoms with E-state index in [1.807, 2.05) is 0 Å². The summed E-state index contributed by atoms with van der Waals surface area (Å²) in [5.41, 5.74) is 3.36. The molecule has 1 fully saturated rings. The van der Waals surface area contributed by atoms with E-state index in [1.165, 1.54) is 32.1 Å². The van der Waals surface area contributed by atoms with E-state index in [0.29, 0.717) is 0 Å². The lowest BCUT2D eigenvalue weighted by molar-refractivity contribution is 0.760. The van der Waals surface area contributed by atoms with Gasteiger partial charge in [0.1, 0.15) is 0 Å². The van der Waals surface area contributed by atoms with Crippen LogP contribution in [-0.2, 0) is 0 Å². The molecule has 0 heteroatoms. The predicted molar refractivity (Wildman–Crippen MR) is 39.3 cm³/mol. The third-order valence-electron chi connectivity index (χ3n) is 2.18. The van der Waals surface area contributed by atoms with Crippen LogP contribution in [0.4, 0.5) is 0 Å². The highest BCUT2D eigenvalue weighted by molar-refractivity contribution is 5.32. The van der Waals surface area contributed by atoms with Crippen molar-refractivity contribution in [3.05, 3.63) is 23.3 Å². The molecule has 0 saturated heterocycles. The molecular formula is C9H12. The lowest BCUT2D eigenvalue weighted by Crippen LogP contribution is -2.04. The zero-order valence-corrected chi connectivity index (χ0v) is 5.69. The SMILES string of the molecule is C1=C2CC(=CCCC1)C2. The lowest BCUT2D eigenvalue weighted by atomic mass is 9.83. The van der Waals surface area contributed by atoms with E-state index in [4.69, 9.17) is 0 Å². The Hall–Kier alpha value is -0.520. The Balaban J connectivity index is 2.14. The number of fused-ring (bicyclic) bond motifs is 4. The van der Waals surface area contributed by atoms with Gasteiger partial charge in [0, 0.05) is 0 Å². The van der Waals surface area contributed by atoms with Crippen LogP contribution in [0.5, 0.6) is 0 Å². The standard InChI is InChI=1S/C9H12/c1-2-4-8-6-9(7-8)5-3-1/h4-5H,1-3,6-7H2. The molecule has 3 aliphatic rings. The highest BCUT2D eigenvalue weighted by Crippen LogP contribution is 2.34. The zero-order valence-electron chi connectivity index (χ0n) is 5.69.